The van der Waals surface area contributed by atoms with E-state index in [9.17, 15) is 15.3 Å². The average Bonchev–Trinajstić information content (AvgIpc) is 3.03. The van der Waals surface area contributed by atoms with Crippen molar-refractivity contribution in [1.82, 2.24) is 0 Å². The highest BCUT2D eigenvalue weighted by Gasteiger charge is 2.40. The van der Waals surface area contributed by atoms with Crippen LogP contribution in [0.3, 0.4) is 0 Å². The normalized spacial score (nSPS) is 23.2. The number of hydrogen-bond acceptors (Lipinski definition) is 5. The summed E-state index contributed by atoms with van der Waals surface area (Å²) in [5.74, 6) is 0. The summed E-state index contributed by atoms with van der Waals surface area (Å²) < 4.78 is 11.0. The van der Waals surface area contributed by atoms with Crippen molar-refractivity contribution >= 4 is 0 Å². The van der Waals surface area contributed by atoms with Gasteiger partial charge in [-0.15, -0.1) is 6.58 Å². The van der Waals surface area contributed by atoms with Gasteiger partial charge in [-0.05, 0) is 19.3 Å². The quantitative estimate of drug-likeness (QED) is 0.224. The van der Waals surface area contributed by atoms with Gasteiger partial charge >= 0.3 is 0 Å². The van der Waals surface area contributed by atoms with E-state index in [-0.39, 0.29) is 13.2 Å². The second-order valence-electron chi connectivity index (χ2n) is 8.12. The molecule has 0 aromatic rings. The van der Waals surface area contributed by atoms with E-state index in [1.165, 1.54) is 70.6 Å². The molecule has 1 fully saturated rings. The highest BCUT2D eigenvalue weighted by atomic mass is 16.6. The maximum atomic E-state index is 9.82. The zero-order chi connectivity index (χ0) is 20.5. The molecule has 0 aliphatic carbocycles. The Labute approximate surface area is 172 Å². The lowest BCUT2D eigenvalue weighted by atomic mass is 10.0. The number of rotatable bonds is 19. The van der Waals surface area contributed by atoms with Gasteiger partial charge in [-0.2, -0.15) is 0 Å². The summed E-state index contributed by atoms with van der Waals surface area (Å²) in [6.07, 6.45) is 16.9. The van der Waals surface area contributed by atoms with Gasteiger partial charge in [0, 0.05) is 6.61 Å². The minimum absolute atomic E-state index is 0.0986. The molecule has 0 spiro atoms. The standard InChI is InChI=1S/C23H44O5/c1-2-3-4-5-6-7-8-9-10-11-12-13-14-15-16-17-27-21(18-24)23-22(26)20(25)19-28-23/h2,20-26H,1,3-19H2/t20-,21+,22-,23-/m0/s1. The third kappa shape index (κ3) is 11.5. The van der Waals surface area contributed by atoms with Crippen molar-refractivity contribution in [2.45, 2.75) is 114 Å². The highest BCUT2D eigenvalue weighted by molar-refractivity contribution is 4.88. The third-order valence-electron chi connectivity index (χ3n) is 5.62. The van der Waals surface area contributed by atoms with Gasteiger partial charge in [0.1, 0.15) is 24.4 Å². The van der Waals surface area contributed by atoms with Gasteiger partial charge in [0.05, 0.1) is 13.2 Å². The van der Waals surface area contributed by atoms with Crippen molar-refractivity contribution in [2.24, 2.45) is 0 Å². The van der Waals surface area contributed by atoms with Crippen LogP contribution in [-0.4, -0.2) is 59.6 Å². The van der Waals surface area contributed by atoms with Crippen LogP contribution in [0.1, 0.15) is 89.9 Å². The molecular weight excluding hydrogens is 356 g/mol. The van der Waals surface area contributed by atoms with Crippen LogP contribution in [0.2, 0.25) is 0 Å². The molecule has 0 aromatic heterocycles. The van der Waals surface area contributed by atoms with Gasteiger partial charge < -0.3 is 24.8 Å². The summed E-state index contributed by atoms with van der Waals surface area (Å²) in [5.41, 5.74) is 0. The van der Waals surface area contributed by atoms with Crippen LogP contribution in [0.5, 0.6) is 0 Å². The number of aliphatic hydroxyl groups is 3. The molecule has 1 saturated heterocycles. The van der Waals surface area contributed by atoms with E-state index in [2.05, 4.69) is 6.58 Å². The fourth-order valence-electron chi connectivity index (χ4n) is 3.77. The van der Waals surface area contributed by atoms with Gasteiger partial charge in [0.2, 0.25) is 0 Å². The van der Waals surface area contributed by atoms with E-state index < -0.39 is 24.4 Å². The van der Waals surface area contributed by atoms with Crippen LogP contribution >= 0.6 is 0 Å². The molecule has 0 unspecified atom stereocenters. The maximum absolute atomic E-state index is 9.82. The Balaban J connectivity index is 1.83. The second-order valence-corrected chi connectivity index (χ2v) is 8.12. The van der Waals surface area contributed by atoms with Crippen LogP contribution in [0.15, 0.2) is 12.7 Å². The second kappa shape index (κ2) is 17.4. The van der Waals surface area contributed by atoms with Gasteiger partial charge in [-0.3, -0.25) is 0 Å². The zero-order valence-corrected chi connectivity index (χ0v) is 17.8. The molecule has 4 atom stereocenters. The topological polar surface area (TPSA) is 79.2 Å². The van der Waals surface area contributed by atoms with Gasteiger partial charge in [0.25, 0.3) is 0 Å². The molecular formula is C23H44O5. The summed E-state index contributed by atoms with van der Waals surface area (Å²) in [6, 6.07) is 0. The van der Waals surface area contributed by atoms with E-state index in [4.69, 9.17) is 9.47 Å². The van der Waals surface area contributed by atoms with Crippen molar-refractivity contribution in [1.29, 1.82) is 0 Å². The van der Waals surface area contributed by atoms with E-state index in [1.54, 1.807) is 0 Å². The first-order chi connectivity index (χ1) is 13.7. The number of unbranched alkanes of at least 4 members (excludes halogenated alkanes) is 13. The molecule has 1 rings (SSSR count). The monoisotopic (exact) mass is 400 g/mol. The number of hydrogen-bond donors (Lipinski definition) is 3. The molecule has 28 heavy (non-hydrogen) atoms. The SMILES string of the molecule is C=CCCCCCCCCCCCCCCCO[C@H](CO)[C@@H]1OC[C@H](O)[C@@H]1O. The number of allylic oxidation sites excluding steroid dienone is 1. The first-order valence-corrected chi connectivity index (χ1v) is 11.5. The third-order valence-corrected chi connectivity index (χ3v) is 5.62. The van der Waals surface area contributed by atoms with Crippen molar-refractivity contribution in [3.63, 3.8) is 0 Å². The van der Waals surface area contributed by atoms with Crippen molar-refractivity contribution in [3.05, 3.63) is 12.7 Å². The molecule has 5 nitrogen and oxygen atoms in total. The minimum atomic E-state index is -0.977. The average molecular weight is 401 g/mol. The van der Waals surface area contributed by atoms with Gasteiger partial charge in [-0.25, -0.2) is 0 Å². The van der Waals surface area contributed by atoms with Crippen LogP contribution in [0.4, 0.5) is 0 Å². The predicted molar refractivity (Wildman–Crippen MR) is 113 cm³/mol. The van der Waals surface area contributed by atoms with Crippen molar-refractivity contribution in [3.8, 4) is 0 Å². The summed E-state index contributed by atoms with van der Waals surface area (Å²) in [6.45, 7) is 4.21. The fraction of sp³-hybridized carbons (Fsp3) is 0.913. The van der Waals surface area contributed by atoms with Crippen LogP contribution in [0.25, 0.3) is 0 Å². The van der Waals surface area contributed by atoms with Crippen molar-refractivity contribution < 1.29 is 24.8 Å². The van der Waals surface area contributed by atoms with E-state index in [1.807, 2.05) is 6.08 Å². The van der Waals surface area contributed by atoms with Crippen LogP contribution < -0.4 is 0 Å². The van der Waals surface area contributed by atoms with Gasteiger partial charge in [-0.1, -0.05) is 76.7 Å². The molecule has 1 aliphatic heterocycles. The van der Waals surface area contributed by atoms with E-state index >= 15 is 0 Å². The Kier molecular flexibility index (Phi) is 15.9. The summed E-state index contributed by atoms with van der Waals surface area (Å²) in [4.78, 5) is 0. The first-order valence-electron chi connectivity index (χ1n) is 11.5. The number of aliphatic hydroxyl groups excluding tert-OH is 3. The highest BCUT2D eigenvalue weighted by Crippen LogP contribution is 2.20. The molecule has 3 N–H and O–H groups in total. The van der Waals surface area contributed by atoms with Gasteiger partial charge in [0.15, 0.2) is 0 Å². The molecule has 5 heteroatoms. The largest absolute Gasteiger partial charge is 0.394 e. The first kappa shape index (κ1) is 25.6. The summed E-state index contributed by atoms with van der Waals surface area (Å²) >= 11 is 0. The summed E-state index contributed by atoms with van der Waals surface area (Å²) in [5, 5.41) is 28.7. The van der Waals surface area contributed by atoms with E-state index in [0.29, 0.717) is 6.61 Å². The molecule has 0 amide bonds. The Hall–Kier alpha value is -0.460. The van der Waals surface area contributed by atoms with Crippen LogP contribution in [0, 0.1) is 0 Å². The Morgan fingerprint density at radius 1 is 0.857 bits per heavy atom. The molecule has 1 heterocycles. The van der Waals surface area contributed by atoms with Crippen LogP contribution in [-0.2, 0) is 9.47 Å². The Morgan fingerprint density at radius 2 is 1.36 bits per heavy atom. The molecule has 0 aromatic carbocycles. The lowest BCUT2D eigenvalue weighted by Gasteiger charge is -2.24. The van der Waals surface area contributed by atoms with E-state index in [0.717, 1.165) is 19.3 Å². The Morgan fingerprint density at radius 3 is 1.79 bits per heavy atom. The smallest absolute Gasteiger partial charge is 0.114 e. The number of ether oxygens (including phenoxy) is 2. The lowest BCUT2D eigenvalue weighted by molar-refractivity contribution is -0.101. The van der Waals surface area contributed by atoms with Crippen molar-refractivity contribution in [2.75, 3.05) is 19.8 Å². The summed E-state index contributed by atoms with van der Waals surface area (Å²) in [7, 11) is 0. The molecule has 0 bridgehead atoms. The molecule has 1 aliphatic rings. The lowest BCUT2D eigenvalue weighted by Crippen LogP contribution is -2.42. The maximum Gasteiger partial charge on any atom is 0.114 e. The Bertz CT molecular complexity index is 363. The molecule has 166 valence electrons. The fourth-order valence-corrected chi connectivity index (χ4v) is 3.77. The predicted octanol–water partition coefficient (Wildman–Crippen LogP) is 4.13. The molecule has 0 saturated carbocycles. The zero-order valence-electron chi connectivity index (χ0n) is 17.8. The molecule has 0 radical (unpaired) electrons. The minimum Gasteiger partial charge on any atom is -0.394 e.